The number of aryl methyl sites for hydroxylation is 3. The summed E-state index contributed by atoms with van der Waals surface area (Å²) in [6.07, 6.45) is 2.67. The topological polar surface area (TPSA) is 20.2 Å². The van der Waals surface area contributed by atoms with Crippen molar-refractivity contribution in [2.24, 2.45) is 0 Å². The minimum absolute atomic E-state index is 0.890. The van der Waals surface area contributed by atoms with Crippen LogP contribution in [0.3, 0.4) is 0 Å². The number of hydrogen-bond donors (Lipinski definition) is 1. The first-order valence-corrected chi connectivity index (χ1v) is 9.64. The number of hydrogen-bond acceptors (Lipinski definition) is 1. The van der Waals surface area contributed by atoms with Crippen molar-refractivity contribution in [2.75, 3.05) is 0 Å². The molecule has 0 radical (unpaired) electrons. The van der Waals surface area contributed by atoms with E-state index in [1.165, 1.54) is 16.7 Å². The summed E-state index contributed by atoms with van der Waals surface area (Å²) >= 11 is 0. The maximum atomic E-state index is 12.4. The molecule has 0 amide bonds. The van der Waals surface area contributed by atoms with Crippen molar-refractivity contribution in [1.82, 2.24) is 0 Å². The molecule has 0 unspecified atom stereocenters. The summed E-state index contributed by atoms with van der Waals surface area (Å²) < 4.78 is 0. The molecule has 0 saturated heterocycles. The average molecular weight is 344 g/mol. The van der Waals surface area contributed by atoms with Gasteiger partial charge in [0, 0.05) is 0 Å². The van der Waals surface area contributed by atoms with Gasteiger partial charge in [-0.3, -0.25) is 0 Å². The molecule has 0 bridgehead atoms. The Hall–Kier alpha value is -2.38. The van der Waals surface area contributed by atoms with Crippen molar-refractivity contribution in [3.63, 3.8) is 0 Å². The van der Waals surface area contributed by atoms with Crippen LogP contribution in [0.25, 0.3) is 0 Å². The van der Waals surface area contributed by atoms with Gasteiger partial charge in [0.1, 0.15) is 5.60 Å². The molecule has 26 heavy (non-hydrogen) atoms. The monoisotopic (exact) mass is 344 g/mol. The van der Waals surface area contributed by atoms with E-state index < -0.39 is 5.60 Å². The van der Waals surface area contributed by atoms with Crippen LogP contribution in [0, 0.1) is 0 Å². The Balaban J connectivity index is 2.40. The van der Waals surface area contributed by atoms with Crippen LogP contribution in [0.2, 0.25) is 0 Å². The van der Waals surface area contributed by atoms with E-state index in [4.69, 9.17) is 0 Å². The molecule has 1 nitrogen and oxygen atoms in total. The Morgan fingerprint density at radius 2 is 0.808 bits per heavy atom. The van der Waals surface area contributed by atoms with Gasteiger partial charge in [-0.05, 0) is 52.6 Å². The maximum absolute atomic E-state index is 12.4. The van der Waals surface area contributed by atoms with Crippen LogP contribution in [0.1, 0.15) is 54.2 Å². The molecule has 0 fully saturated rings. The fraction of sp³-hybridized carbons (Fsp3) is 0.280. The van der Waals surface area contributed by atoms with Crippen LogP contribution >= 0.6 is 0 Å². The molecule has 134 valence electrons. The molecule has 0 heterocycles. The van der Waals surface area contributed by atoms with Crippen molar-refractivity contribution in [2.45, 2.75) is 45.6 Å². The van der Waals surface area contributed by atoms with E-state index in [1.54, 1.807) is 0 Å². The Bertz CT molecular complexity index is 763. The first-order valence-electron chi connectivity index (χ1n) is 9.64. The number of benzene rings is 3. The van der Waals surface area contributed by atoms with E-state index >= 15 is 0 Å². The van der Waals surface area contributed by atoms with E-state index in [0.29, 0.717) is 0 Å². The maximum Gasteiger partial charge on any atom is 0.141 e. The lowest BCUT2D eigenvalue weighted by Crippen LogP contribution is -2.32. The molecule has 1 heteroatoms. The number of rotatable bonds is 6. The molecule has 3 rings (SSSR count). The summed E-state index contributed by atoms with van der Waals surface area (Å²) in [5, 5.41) is 12.4. The molecule has 0 spiro atoms. The molecule has 0 saturated carbocycles. The van der Waals surface area contributed by atoms with E-state index in [1.807, 2.05) is 18.2 Å². The van der Waals surface area contributed by atoms with Gasteiger partial charge in [-0.25, -0.2) is 0 Å². The largest absolute Gasteiger partial charge is 0.376 e. The van der Waals surface area contributed by atoms with Crippen LogP contribution in [-0.4, -0.2) is 5.11 Å². The van der Waals surface area contributed by atoms with Crippen LogP contribution < -0.4 is 0 Å². The van der Waals surface area contributed by atoms with Crippen molar-refractivity contribution < 1.29 is 5.11 Å². The molecule has 3 aromatic rings. The second kappa shape index (κ2) is 7.88. The predicted octanol–water partition coefficient (Wildman–Crippen LogP) is 5.66. The minimum atomic E-state index is -1.15. The summed E-state index contributed by atoms with van der Waals surface area (Å²) in [6, 6.07) is 24.9. The van der Waals surface area contributed by atoms with Gasteiger partial charge in [-0.1, -0.05) is 93.6 Å². The van der Waals surface area contributed by atoms with Crippen LogP contribution in [-0.2, 0) is 24.9 Å². The van der Waals surface area contributed by atoms with E-state index in [2.05, 4.69) is 75.4 Å². The van der Waals surface area contributed by atoms with Gasteiger partial charge in [0.25, 0.3) is 0 Å². The normalized spacial score (nSPS) is 11.5. The van der Waals surface area contributed by atoms with Gasteiger partial charge in [-0.15, -0.1) is 0 Å². The van der Waals surface area contributed by atoms with Gasteiger partial charge >= 0.3 is 0 Å². The third-order valence-corrected chi connectivity index (χ3v) is 5.36. The molecule has 3 aromatic carbocycles. The summed E-state index contributed by atoms with van der Waals surface area (Å²) in [4.78, 5) is 0. The van der Waals surface area contributed by atoms with Gasteiger partial charge < -0.3 is 5.11 Å². The zero-order valence-corrected chi connectivity index (χ0v) is 16.0. The third kappa shape index (κ3) is 3.08. The van der Waals surface area contributed by atoms with Gasteiger partial charge in [-0.2, -0.15) is 0 Å². The highest BCUT2D eigenvalue weighted by Crippen LogP contribution is 2.41. The van der Waals surface area contributed by atoms with E-state index in [0.717, 1.165) is 36.0 Å². The van der Waals surface area contributed by atoms with Crippen molar-refractivity contribution in [3.8, 4) is 0 Å². The second-order valence-electron chi connectivity index (χ2n) is 6.74. The summed E-state index contributed by atoms with van der Waals surface area (Å²) in [5.74, 6) is 0. The van der Waals surface area contributed by atoms with E-state index in [9.17, 15) is 5.11 Å². The van der Waals surface area contributed by atoms with Crippen molar-refractivity contribution >= 4 is 0 Å². The standard InChI is InChI=1S/C25H28O/c1-4-19-13-7-10-16-22(19)25(26,23-17-11-8-14-20(23)5-2)24-18-12-9-15-21(24)6-3/h7-18,26H,4-6H2,1-3H3. The molecule has 0 aliphatic heterocycles. The van der Waals surface area contributed by atoms with Crippen LogP contribution in [0.15, 0.2) is 72.8 Å². The highest BCUT2D eigenvalue weighted by Gasteiger charge is 2.38. The quantitative estimate of drug-likeness (QED) is 0.572. The summed E-state index contributed by atoms with van der Waals surface area (Å²) in [6.45, 7) is 6.45. The molecule has 0 aliphatic rings. The van der Waals surface area contributed by atoms with Crippen LogP contribution in [0.4, 0.5) is 0 Å². The molecule has 0 atom stereocenters. The Labute approximate surface area is 157 Å². The predicted molar refractivity (Wildman–Crippen MR) is 110 cm³/mol. The first-order chi connectivity index (χ1) is 12.7. The zero-order valence-electron chi connectivity index (χ0n) is 16.0. The van der Waals surface area contributed by atoms with E-state index in [-0.39, 0.29) is 0 Å². The molecular weight excluding hydrogens is 316 g/mol. The lowest BCUT2D eigenvalue weighted by atomic mass is 9.74. The fourth-order valence-corrected chi connectivity index (χ4v) is 3.98. The van der Waals surface area contributed by atoms with Crippen molar-refractivity contribution in [3.05, 3.63) is 106 Å². The Kier molecular flexibility index (Phi) is 5.58. The lowest BCUT2D eigenvalue weighted by molar-refractivity contribution is 0.122. The highest BCUT2D eigenvalue weighted by molar-refractivity contribution is 5.54. The molecule has 0 aliphatic carbocycles. The van der Waals surface area contributed by atoms with Gasteiger partial charge in [0.2, 0.25) is 0 Å². The second-order valence-corrected chi connectivity index (χ2v) is 6.74. The Morgan fingerprint density at radius 1 is 0.538 bits per heavy atom. The number of aliphatic hydroxyl groups is 1. The zero-order chi connectivity index (χ0) is 18.6. The smallest absolute Gasteiger partial charge is 0.141 e. The SMILES string of the molecule is CCc1ccccc1C(O)(c1ccccc1CC)c1ccccc1CC. The van der Waals surface area contributed by atoms with Crippen molar-refractivity contribution in [1.29, 1.82) is 0 Å². The lowest BCUT2D eigenvalue weighted by Gasteiger charge is -2.35. The highest BCUT2D eigenvalue weighted by atomic mass is 16.3. The third-order valence-electron chi connectivity index (χ3n) is 5.36. The molecule has 0 aromatic heterocycles. The minimum Gasteiger partial charge on any atom is -0.376 e. The summed E-state index contributed by atoms with van der Waals surface area (Å²) in [7, 11) is 0. The van der Waals surface area contributed by atoms with Gasteiger partial charge in [0.15, 0.2) is 0 Å². The first kappa shape index (κ1) is 18.4. The van der Waals surface area contributed by atoms with Gasteiger partial charge in [0.05, 0.1) is 0 Å². The fourth-order valence-electron chi connectivity index (χ4n) is 3.98. The Morgan fingerprint density at radius 3 is 1.08 bits per heavy atom. The average Bonchev–Trinajstić information content (AvgIpc) is 2.73. The molecular formula is C25H28O. The summed E-state index contributed by atoms with van der Waals surface area (Å²) in [5.41, 5.74) is 5.38. The van der Waals surface area contributed by atoms with Crippen LogP contribution in [0.5, 0.6) is 0 Å². The molecule has 1 N–H and O–H groups in total.